The van der Waals surface area contributed by atoms with E-state index < -0.39 is 93.6 Å². The van der Waals surface area contributed by atoms with E-state index in [2.05, 4.69) is 0 Å². The highest BCUT2D eigenvalue weighted by molar-refractivity contribution is 6.39. The Labute approximate surface area is 186 Å². The van der Waals surface area contributed by atoms with Crippen molar-refractivity contribution in [2.75, 3.05) is 0 Å². The van der Waals surface area contributed by atoms with E-state index in [0.717, 1.165) is 20.8 Å². The highest BCUT2D eigenvalue weighted by Gasteiger charge is 2.36. The highest BCUT2D eigenvalue weighted by Crippen LogP contribution is 2.31. The zero-order chi connectivity index (χ0) is 25.5. The molecule has 3 aromatic carbocycles. The van der Waals surface area contributed by atoms with E-state index in [1.165, 1.54) is 0 Å². The normalized spacial score (nSPS) is 10.9. The molecule has 0 aliphatic rings. The van der Waals surface area contributed by atoms with Crippen LogP contribution in [-0.2, 0) is 0 Å². The molecular formula is C21H12BF9O3. The molecule has 3 rings (SSSR count). The number of hydrogen-bond donors (Lipinski definition) is 0. The van der Waals surface area contributed by atoms with Crippen LogP contribution in [0.15, 0.2) is 18.2 Å². The van der Waals surface area contributed by atoms with Crippen LogP contribution in [0, 0.1) is 73.1 Å². The smallest absolute Gasteiger partial charge is 0.487 e. The molecule has 0 aliphatic carbocycles. The van der Waals surface area contributed by atoms with Crippen LogP contribution in [0.1, 0.15) is 16.7 Å². The number of hydrogen-bond acceptors (Lipinski definition) is 3. The van der Waals surface area contributed by atoms with E-state index in [4.69, 9.17) is 14.0 Å². The standard InChI is InChI=1S/C21H12BF9O3/c1-7-10(23)4-13(19(29)16(7)26)32-22(33-14-5-11(24)8(2)17(27)20(14)30)34-15-6-12(25)9(3)18(28)21(15)31/h4-6H,1-3H3. The summed E-state index contributed by atoms with van der Waals surface area (Å²) in [4.78, 5) is 0. The van der Waals surface area contributed by atoms with Gasteiger partial charge in [-0.1, -0.05) is 0 Å². The second-order valence-corrected chi connectivity index (χ2v) is 6.97. The van der Waals surface area contributed by atoms with Crippen LogP contribution >= 0.6 is 0 Å². The molecule has 0 saturated carbocycles. The average Bonchev–Trinajstić information content (AvgIpc) is 2.80. The summed E-state index contributed by atoms with van der Waals surface area (Å²) in [7, 11) is -2.65. The minimum Gasteiger partial charge on any atom is -0.487 e. The molecule has 0 aliphatic heterocycles. The molecule has 3 nitrogen and oxygen atoms in total. The van der Waals surface area contributed by atoms with Gasteiger partial charge in [0.05, 0.1) is 0 Å². The first-order valence-electron chi connectivity index (χ1n) is 9.25. The minimum atomic E-state index is -2.65. The maximum Gasteiger partial charge on any atom is 0.864 e. The lowest BCUT2D eigenvalue weighted by Crippen LogP contribution is -2.38. The van der Waals surface area contributed by atoms with Crippen LogP contribution in [0.4, 0.5) is 39.5 Å². The Morgan fingerprint density at radius 1 is 0.441 bits per heavy atom. The molecule has 0 heterocycles. The van der Waals surface area contributed by atoms with Crippen LogP contribution in [0.3, 0.4) is 0 Å². The van der Waals surface area contributed by atoms with Gasteiger partial charge in [-0.15, -0.1) is 0 Å². The molecule has 0 spiro atoms. The molecular weight excluding hydrogens is 482 g/mol. The van der Waals surface area contributed by atoms with Crippen LogP contribution in [0.5, 0.6) is 17.2 Å². The van der Waals surface area contributed by atoms with E-state index in [-0.39, 0.29) is 0 Å². The van der Waals surface area contributed by atoms with Gasteiger partial charge in [0.15, 0.2) is 34.9 Å². The van der Waals surface area contributed by atoms with Gasteiger partial charge in [-0.25, -0.2) is 26.3 Å². The molecule has 3 aromatic rings. The van der Waals surface area contributed by atoms with Crippen molar-refractivity contribution in [1.29, 1.82) is 0 Å². The molecule has 0 unspecified atom stereocenters. The minimum absolute atomic E-state index is 0.312. The Bertz CT molecular complexity index is 1130. The maximum atomic E-state index is 14.2. The third-order valence-corrected chi connectivity index (χ3v) is 4.73. The van der Waals surface area contributed by atoms with Gasteiger partial charge in [-0.2, -0.15) is 13.2 Å². The fraction of sp³-hybridized carbons (Fsp3) is 0.143. The Kier molecular flexibility index (Phi) is 6.94. The van der Waals surface area contributed by atoms with Gasteiger partial charge in [-0.05, 0) is 20.8 Å². The van der Waals surface area contributed by atoms with Crippen molar-refractivity contribution in [3.05, 3.63) is 87.2 Å². The predicted octanol–water partition coefficient (Wildman–Crippen LogP) is 6.39. The molecule has 0 fully saturated rings. The molecule has 0 radical (unpaired) electrons. The zero-order valence-electron chi connectivity index (χ0n) is 17.4. The summed E-state index contributed by atoms with van der Waals surface area (Å²) in [5.74, 6) is -18.2. The quantitative estimate of drug-likeness (QED) is 0.226. The molecule has 13 heteroatoms. The van der Waals surface area contributed by atoms with Gasteiger partial charge in [0.1, 0.15) is 34.7 Å². The van der Waals surface area contributed by atoms with Crippen LogP contribution in [0.25, 0.3) is 0 Å². The highest BCUT2D eigenvalue weighted by atomic mass is 19.2. The topological polar surface area (TPSA) is 27.7 Å². The van der Waals surface area contributed by atoms with E-state index in [0.29, 0.717) is 18.2 Å². The van der Waals surface area contributed by atoms with E-state index in [9.17, 15) is 39.5 Å². The van der Waals surface area contributed by atoms with Crippen molar-refractivity contribution < 1.29 is 53.5 Å². The SMILES string of the molecule is Cc1c(F)cc(OB(Oc2cc(F)c(C)c(F)c2F)Oc2cc(F)c(C)c(F)c2F)c(F)c1F. The summed E-state index contributed by atoms with van der Waals surface area (Å²) in [6.45, 7) is 2.67. The Balaban J connectivity index is 2.08. The molecule has 34 heavy (non-hydrogen) atoms. The Morgan fingerprint density at radius 2 is 0.676 bits per heavy atom. The summed E-state index contributed by atoms with van der Waals surface area (Å²) in [5, 5.41) is 0. The fourth-order valence-corrected chi connectivity index (χ4v) is 2.63. The van der Waals surface area contributed by atoms with Crippen LogP contribution in [-0.4, -0.2) is 7.32 Å². The summed E-state index contributed by atoms with van der Waals surface area (Å²) in [6, 6.07) is 0.937. The number of rotatable bonds is 6. The molecule has 180 valence electrons. The Morgan fingerprint density at radius 3 is 0.912 bits per heavy atom. The largest absolute Gasteiger partial charge is 0.864 e. The average molecular weight is 494 g/mol. The first kappa shape index (κ1) is 25.1. The third kappa shape index (κ3) is 4.59. The van der Waals surface area contributed by atoms with Gasteiger partial charge in [-0.3, -0.25) is 0 Å². The van der Waals surface area contributed by atoms with Gasteiger partial charge >= 0.3 is 7.32 Å². The van der Waals surface area contributed by atoms with E-state index in [1.54, 1.807) is 0 Å². The molecule has 0 aromatic heterocycles. The number of halogens is 9. The first-order chi connectivity index (χ1) is 15.8. The molecule has 0 amide bonds. The van der Waals surface area contributed by atoms with Crippen molar-refractivity contribution >= 4 is 7.32 Å². The fourth-order valence-electron chi connectivity index (χ4n) is 2.63. The van der Waals surface area contributed by atoms with Crippen molar-refractivity contribution in [3.63, 3.8) is 0 Å². The maximum absolute atomic E-state index is 14.2. The third-order valence-electron chi connectivity index (χ3n) is 4.73. The second-order valence-electron chi connectivity index (χ2n) is 6.97. The van der Waals surface area contributed by atoms with Crippen LogP contribution in [0.2, 0.25) is 0 Å². The van der Waals surface area contributed by atoms with Crippen molar-refractivity contribution in [2.45, 2.75) is 20.8 Å². The van der Waals surface area contributed by atoms with Crippen molar-refractivity contribution in [3.8, 4) is 17.2 Å². The van der Waals surface area contributed by atoms with Gasteiger partial charge in [0.25, 0.3) is 0 Å². The van der Waals surface area contributed by atoms with Crippen molar-refractivity contribution in [1.82, 2.24) is 0 Å². The zero-order valence-corrected chi connectivity index (χ0v) is 17.4. The molecule has 0 atom stereocenters. The monoisotopic (exact) mass is 494 g/mol. The predicted molar refractivity (Wildman–Crippen MR) is 101 cm³/mol. The lowest BCUT2D eigenvalue weighted by atomic mass is 10.1. The summed E-state index contributed by atoms with van der Waals surface area (Å²) in [6.07, 6.45) is 0. The Hall–Kier alpha value is -3.51. The lowest BCUT2D eigenvalue weighted by Gasteiger charge is -2.19. The summed E-state index contributed by atoms with van der Waals surface area (Å²) < 4.78 is 140. The summed E-state index contributed by atoms with van der Waals surface area (Å²) in [5.41, 5.74) is -2.23. The van der Waals surface area contributed by atoms with Gasteiger partial charge in [0, 0.05) is 34.9 Å². The second kappa shape index (κ2) is 9.39. The molecule has 0 saturated heterocycles. The molecule has 0 N–H and O–H groups in total. The van der Waals surface area contributed by atoms with Crippen molar-refractivity contribution in [2.24, 2.45) is 0 Å². The van der Waals surface area contributed by atoms with Gasteiger partial charge < -0.3 is 14.0 Å². The van der Waals surface area contributed by atoms with E-state index >= 15 is 0 Å². The molecule has 0 bridgehead atoms. The number of benzene rings is 3. The lowest BCUT2D eigenvalue weighted by molar-refractivity contribution is 0.278. The summed E-state index contributed by atoms with van der Waals surface area (Å²) >= 11 is 0. The van der Waals surface area contributed by atoms with E-state index in [1.807, 2.05) is 0 Å². The van der Waals surface area contributed by atoms with Gasteiger partial charge in [0.2, 0.25) is 0 Å². The van der Waals surface area contributed by atoms with Crippen LogP contribution < -0.4 is 14.0 Å². The first-order valence-corrected chi connectivity index (χ1v) is 9.25.